The Balaban J connectivity index is 2.40. The van der Waals surface area contributed by atoms with Crippen molar-refractivity contribution in [2.75, 3.05) is 25.1 Å². The predicted octanol–water partition coefficient (Wildman–Crippen LogP) is 0.998. The number of rotatable bonds is 5. The van der Waals surface area contributed by atoms with Crippen LogP contribution in [0.5, 0.6) is 0 Å². The molecule has 0 aliphatic carbocycles. The standard InChI is InChI=1S/C10H20N2OS/c1-3-10(5-4-6-12-10)9(13)11-7-8-14-2/h12H,3-8H2,1-2H3,(H,11,13). The van der Waals surface area contributed by atoms with E-state index in [0.717, 1.165) is 38.1 Å². The molecule has 1 heterocycles. The summed E-state index contributed by atoms with van der Waals surface area (Å²) in [5, 5.41) is 6.32. The normalized spacial score (nSPS) is 26.4. The Morgan fingerprint density at radius 2 is 2.43 bits per heavy atom. The second-order valence-electron chi connectivity index (χ2n) is 3.71. The van der Waals surface area contributed by atoms with Gasteiger partial charge in [-0.25, -0.2) is 0 Å². The predicted molar refractivity (Wildman–Crippen MR) is 61.7 cm³/mol. The Labute approximate surface area is 90.4 Å². The van der Waals surface area contributed by atoms with Crippen molar-refractivity contribution >= 4 is 17.7 Å². The van der Waals surface area contributed by atoms with Crippen molar-refractivity contribution in [2.24, 2.45) is 0 Å². The van der Waals surface area contributed by atoms with Gasteiger partial charge in [-0.05, 0) is 32.1 Å². The molecular formula is C10H20N2OS. The molecule has 0 spiro atoms. The van der Waals surface area contributed by atoms with Crippen LogP contribution < -0.4 is 10.6 Å². The molecule has 1 fully saturated rings. The zero-order valence-corrected chi connectivity index (χ0v) is 9.88. The second-order valence-corrected chi connectivity index (χ2v) is 4.70. The number of carbonyl (C=O) groups excluding carboxylic acids is 1. The zero-order valence-electron chi connectivity index (χ0n) is 9.06. The third-order valence-electron chi connectivity index (χ3n) is 2.87. The lowest BCUT2D eigenvalue weighted by Gasteiger charge is -2.26. The summed E-state index contributed by atoms with van der Waals surface area (Å²) in [6, 6.07) is 0. The van der Waals surface area contributed by atoms with Gasteiger partial charge in [-0.15, -0.1) is 0 Å². The molecule has 0 aromatic carbocycles. The Bertz CT molecular complexity index is 191. The third-order valence-corrected chi connectivity index (χ3v) is 3.49. The molecule has 1 rings (SSSR count). The summed E-state index contributed by atoms with van der Waals surface area (Å²) in [7, 11) is 0. The highest BCUT2D eigenvalue weighted by atomic mass is 32.2. The van der Waals surface area contributed by atoms with Crippen LogP contribution in [0.2, 0.25) is 0 Å². The molecule has 1 amide bonds. The fourth-order valence-corrected chi connectivity index (χ4v) is 2.20. The molecule has 0 saturated carbocycles. The lowest BCUT2D eigenvalue weighted by Crippen LogP contribution is -2.53. The van der Waals surface area contributed by atoms with Crippen molar-refractivity contribution in [3.05, 3.63) is 0 Å². The molecule has 1 atom stereocenters. The van der Waals surface area contributed by atoms with Crippen LogP contribution in [0.25, 0.3) is 0 Å². The highest BCUT2D eigenvalue weighted by molar-refractivity contribution is 7.98. The number of nitrogens with one attached hydrogen (secondary N) is 2. The maximum absolute atomic E-state index is 11.9. The molecule has 4 heteroatoms. The molecule has 1 unspecified atom stereocenters. The van der Waals surface area contributed by atoms with E-state index in [9.17, 15) is 4.79 Å². The molecule has 1 aliphatic rings. The Morgan fingerprint density at radius 1 is 1.64 bits per heavy atom. The van der Waals surface area contributed by atoms with E-state index in [-0.39, 0.29) is 11.4 Å². The first-order valence-electron chi connectivity index (χ1n) is 5.27. The summed E-state index contributed by atoms with van der Waals surface area (Å²) in [6.45, 7) is 3.83. The maximum atomic E-state index is 11.9. The van der Waals surface area contributed by atoms with Gasteiger partial charge in [0.05, 0.1) is 5.54 Å². The van der Waals surface area contributed by atoms with Crippen LogP contribution in [0.4, 0.5) is 0 Å². The largest absolute Gasteiger partial charge is 0.354 e. The van der Waals surface area contributed by atoms with E-state index in [1.54, 1.807) is 11.8 Å². The van der Waals surface area contributed by atoms with Crippen molar-refractivity contribution in [1.82, 2.24) is 10.6 Å². The van der Waals surface area contributed by atoms with E-state index in [0.29, 0.717) is 0 Å². The van der Waals surface area contributed by atoms with Gasteiger partial charge in [0.2, 0.25) is 5.91 Å². The van der Waals surface area contributed by atoms with E-state index >= 15 is 0 Å². The van der Waals surface area contributed by atoms with E-state index < -0.39 is 0 Å². The van der Waals surface area contributed by atoms with E-state index in [2.05, 4.69) is 23.8 Å². The van der Waals surface area contributed by atoms with Gasteiger partial charge in [-0.3, -0.25) is 4.79 Å². The SMILES string of the molecule is CCC1(C(=O)NCCSC)CCCN1. The van der Waals surface area contributed by atoms with Crippen LogP contribution in [0.15, 0.2) is 0 Å². The number of hydrogen-bond acceptors (Lipinski definition) is 3. The van der Waals surface area contributed by atoms with Gasteiger partial charge in [0.25, 0.3) is 0 Å². The molecule has 0 aromatic heterocycles. The summed E-state index contributed by atoms with van der Waals surface area (Å²) in [5.74, 6) is 1.18. The number of hydrogen-bond donors (Lipinski definition) is 2. The molecule has 0 radical (unpaired) electrons. The minimum Gasteiger partial charge on any atom is -0.354 e. The fraction of sp³-hybridized carbons (Fsp3) is 0.900. The molecule has 1 aliphatic heterocycles. The van der Waals surface area contributed by atoms with Crippen LogP contribution in [-0.2, 0) is 4.79 Å². The van der Waals surface area contributed by atoms with Crippen molar-refractivity contribution < 1.29 is 4.79 Å². The van der Waals surface area contributed by atoms with Gasteiger partial charge < -0.3 is 10.6 Å². The van der Waals surface area contributed by atoms with Gasteiger partial charge in [-0.1, -0.05) is 6.92 Å². The molecule has 2 N–H and O–H groups in total. The smallest absolute Gasteiger partial charge is 0.240 e. The summed E-state index contributed by atoms with van der Waals surface area (Å²) >= 11 is 1.76. The highest BCUT2D eigenvalue weighted by Crippen LogP contribution is 2.22. The first-order valence-corrected chi connectivity index (χ1v) is 6.67. The van der Waals surface area contributed by atoms with Crippen molar-refractivity contribution in [3.63, 3.8) is 0 Å². The molecular weight excluding hydrogens is 196 g/mol. The molecule has 0 aromatic rings. The van der Waals surface area contributed by atoms with Crippen LogP contribution in [0.1, 0.15) is 26.2 Å². The van der Waals surface area contributed by atoms with Crippen molar-refractivity contribution in [2.45, 2.75) is 31.7 Å². The molecule has 1 saturated heterocycles. The molecule has 82 valence electrons. The highest BCUT2D eigenvalue weighted by Gasteiger charge is 2.38. The summed E-state index contributed by atoms with van der Waals surface area (Å²) in [6.07, 6.45) is 5.03. The topological polar surface area (TPSA) is 41.1 Å². The lowest BCUT2D eigenvalue weighted by atomic mass is 9.93. The Morgan fingerprint density at radius 3 is 2.93 bits per heavy atom. The van der Waals surface area contributed by atoms with Crippen molar-refractivity contribution in [3.8, 4) is 0 Å². The van der Waals surface area contributed by atoms with Crippen LogP contribution in [0, 0.1) is 0 Å². The van der Waals surface area contributed by atoms with Crippen LogP contribution >= 0.6 is 11.8 Å². The zero-order chi connectivity index (χ0) is 10.4. The lowest BCUT2D eigenvalue weighted by molar-refractivity contribution is -0.127. The monoisotopic (exact) mass is 216 g/mol. The minimum absolute atomic E-state index is 0.187. The molecule has 3 nitrogen and oxygen atoms in total. The van der Waals surface area contributed by atoms with Gasteiger partial charge >= 0.3 is 0 Å². The van der Waals surface area contributed by atoms with Gasteiger partial charge in [0.1, 0.15) is 0 Å². The van der Waals surface area contributed by atoms with E-state index in [1.165, 1.54) is 0 Å². The Kier molecular flexibility index (Phi) is 4.75. The summed E-state index contributed by atoms with van der Waals surface area (Å²) in [4.78, 5) is 11.9. The average Bonchev–Trinajstić information content (AvgIpc) is 2.67. The maximum Gasteiger partial charge on any atom is 0.240 e. The number of carbonyl (C=O) groups is 1. The summed E-state index contributed by atoms with van der Waals surface area (Å²) < 4.78 is 0. The Hall–Kier alpha value is -0.220. The van der Waals surface area contributed by atoms with E-state index in [1.807, 2.05) is 0 Å². The van der Waals surface area contributed by atoms with Gasteiger partial charge in [-0.2, -0.15) is 11.8 Å². The second kappa shape index (κ2) is 5.61. The quantitative estimate of drug-likeness (QED) is 0.674. The van der Waals surface area contributed by atoms with E-state index in [4.69, 9.17) is 0 Å². The summed E-state index contributed by atoms with van der Waals surface area (Å²) in [5.41, 5.74) is -0.265. The number of amides is 1. The minimum atomic E-state index is -0.265. The third kappa shape index (κ3) is 2.64. The van der Waals surface area contributed by atoms with Gasteiger partial charge in [0.15, 0.2) is 0 Å². The van der Waals surface area contributed by atoms with Crippen LogP contribution in [0.3, 0.4) is 0 Å². The molecule has 14 heavy (non-hydrogen) atoms. The fourth-order valence-electron chi connectivity index (χ4n) is 1.90. The number of thioether (sulfide) groups is 1. The van der Waals surface area contributed by atoms with Crippen molar-refractivity contribution in [1.29, 1.82) is 0 Å². The van der Waals surface area contributed by atoms with Gasteiger partial charge in [0, 0.05) is 12.3 Å². The first-order chi connectivity index (χ1) is 6.75. The first kappa shape index (κ1) is 11.9. The van der Waals surface area contributed by atoms with Crippen LogP contribution in [-0.4, -0.2) is 36.5 Å². The molecule has 0 bridgehead atoms. The average molecular weight is 216 g/mol.